The van der Waals surface area contributed by atoms with Crippen LogP contribution in [0.15, 0.2) is 197 Å². The van der Waals surface area contributed by atoms with E-state index in [4.69, 9.17) is 59.3 Å². The van der Waals surface area contributed by atoms with Crippen molar-refractivity contribution in [1.29, 1.82) is 0 Å². The molecule has 0 fully saturated rings. The van der Waals surface area contributed by atoms with Crippen LogP contribution in [0.4, 0.5) is 11.4 Å². The van der Waals surface area contributed by atoms with Gasteiger partial charge in [0.25, 0.3) is 0 Å². The zero-order valence-electron chi connectivity index (χ0n) is 34.2. The molecular weight excluding hydrogens is 754 g/mol. The van der Waals surface area contributed by atoms with E-state index < -0.39 is 11.5 Å². The molecule has 0 aliphatic heterocycles. The molecular formula is C54H30B7NO. The molecule has 1 atom stereocenters. The van der Waals surface area contributed by atoms with E-state index >= 15 is 0 Å². The van der Waals surface area contributed by atoms with E-state index in [9.17, 15) is 0 Å². The molecule has 278 valence electrons. The summed E-state index contributed by atoms with van der Waals surface area (Å²) in [5, 5.41) is 1.97. The largest absolute Gasteiger partial charge is 0.456 e. The van der Waals surface area contributed by atoms with E-state index in [0.717, 1.165) is 55.3 Å². The highest BCUT2D eigenvalue weighted by Crippen LogP contribution is 2.57. The zero-order valence-corrected chi connectivity index (χ0v) is 34.2. The van der Waals surface area contributed by atoms with Crippen LogP contribution < -0.4 is 26.8 Å². The summed E-state index contributed by atoms with van der Waals surface area (Å²) >= 11 is 0. The molecule has 11 rings (SSSR count). The van der Waals surface area contributed by atoms with Crippen molar-refractivity contribution < 1.29 is 4.42 Å². The Morgan fingerprint density at radius 2 is 1.02 bits per heavy atom. The molecule has 9 aromatic rings. The first-order valence-corrected chi connectivity index (χ1v) is 20.8. The summed E-state index contributed by atoms with van der Waals surface area (Å²) in [4.78, 5) is 1.96. The molecule has 0 amide bonds. The van der Waals surface area contributed by atoms with Crippen molar-refractivity contribution in [2.75, 3.05) is 4.90 Å². The molecule has 2 nitrogen and oxygen atoms in total. The average molecular weight is 785 g/mol. The number of benzene rings is 8. The van der Waals surface area contributed by atoms with Crippen LogP contribution in [0, 0.1) is 0 Å². The monoisotopic (exact) mass is 785 g/mol. The number of nitrogens with zero attached hydrogens (tertiary/aromatic N) is 1. The van der Waals surface area contributed by atoms with E-state index in [1.54, 1.807) is 0 Å². The van der Waals surface area contributed by atoms with Crippen LogP contribution in [-0.2, 0) is 5.41 Å². The Hall–Kier alpha value is -6.71. The fourth-order valence-corrected chi connectivity index (χ4v) is 10.2. The van der Waals surface area contributed by atoms with E-state index in [2.05, 4.69) is 84.9 Å². The van der Waals surface area contributed by atoms with Gasteiger partial charge in [0.2, 0.25) is 0 Å². The Labute approximate surface area is 377 Å². The quantitative estimate of drug-likeness (QED) is 0.157. The third-order valence-corrected chi connectivity index (χ3v) is 13.0. The predicted octanol–water partition coefficient (Wildman–Crippen LogP) is 7.44. The molecule has 1 heterocycles. The molecule has 9 heteroatoms. The summed E-state index contributed by atoms with van der Waals surface area (Å²) in [5.74, 6) is 0. The van der Waals surface area contributed by atoms with E-state index in [1.807, 2.05) is 95.9 Å². The number of furan rings is 1. The highest BCUT2D eigenvalue weighted by atomic mass is 16.3. The van der Waals surface area contributed by atoms with Gasteiger partial charge in [-0.2, -0.15) is 0 Å². The molecule has 2 aliphatic rings. The summed E-state index contributed by atoms with van der Waals surface area (Å²) in [5.41, 5.74) is 13.1. The number of hydrogen-bond acceptors (Lipinski definition) is 2. The molecule has 0 spiro atoms. The standard InChI is InChI=1S/C54H30B7NO/c55-45-43(30-14-4-1-5-15-30)48(58)52(49(45)59)62(53-50(60)46(56)44(47(57)51(53)61)31-24-26-38-37-21-11-13-23-41(37)63-42(38)28-31)34-25-27-36-35-20-10-12-22-39(35)54(40(36)29-34,32-16-6-2-7-17-32)33-18-8-3-9-19-33/h1-29,52H. The van der Waals surface area contributed by atoms with Crippen LogP contribution in [0.25, 0.3) is 49.8 Å². The fourth-order valence-electron chi connectivity index (χ4n) is 10.2. The lowest BCUT2D eigenvalue weighted by Crippen LogP contribution is -2.50. The molecule has 1 unspecified atom stereocenters. The highest BCUT2D eigenvalue weighted by Gasteiger charge is 2.46. The van der Waals surface area contributed by atoms with Gasteiger partial charge in [0.05, 0.1) is 11.5 Å². The van der Waals surface area contributed by atoms with Crippen LogP contribution in [0.3, 0.4) is 0 Å². The van der Waals surface area contributed by atoms with Crippen molar-refractivity contribution in [3.05, 3.63) is 220 Å². The lowest BCUT2D eigenvalue weighted by atomic mass is 9.64. The number of para-hydroxylation sites is 1. The van der Waals surface area contributed by atoms with E-state index in [1.165, 1.54) is 0 Å². The number of rotatable bonds is 7. The third kappa shape index (κ3) is 5.75. The van der Waals surface area contributed by atoms with Gasteiger partial charge >= 0.3 is 0 Å². The van der Waals surface area contributed by atoms with Gasteiger partial charge in [-0.1, -0.05) is 184 Å². The minimum absolute atomic E-state index is 0.204. The second-order valence-electron chi connectivity index (χ2n) is 16.3. The second-order valence-corrected chi connectivity index (χ2v) is 16.3. The summed E-state index contributed by atoms with van der Waals surface area (Å²) < 4.78 is 6.26. The highest BCUT2D eigenvalue weighted by molar-refractivity contribution is 6.63. The minimum atomic E-state index is -0.842. The zero-order chi connectivity index (χ0) is 43.1. The minimum Gasteiger partial charge on any atom is -0.456 e. The van der Waals surface area contributed by atoms with Crippen molar-refractivity contribution in [3.63, 3.8) is 0 Å². The number of fused-ring (bicyclic) bond motifs is 6. The Balaban J connectivity index is 1.18. The Morgan fingerprint density at radius 1 is 0.444 bits per heavy atom. The maximum Gasteiger partial charge on any atom is 0.136 e. The predicted molar refractivity (Wildman–Crippen MR) is 268 cm³/mol. The molecule has 2 aliphatic carbocycles. The SMILES string of the molecule is [B]C1=C([B])C(N(c2ccc3c(c2)C(c2ccccc2)(c2ccccc2)c2ccccc2-3)c2c([B])c([B])c(-c3ccc4c(c3)oc3ccccc34)c([B])c2[B])C([B])=C1c1ccccc1. The Kier molecular flexibility index (Phi) is 9.32. The number of anilines is 2. The third-order valence-electron chi connectivity index (χ3n) is 13.0. The normalized spacial score (nSPS) is 15.3. The molecule has 0 saturated heterocycles. The summed E-state index contributed by atoms with van der Waals surface area (Å²) in [6.07, 6.45) is 0. The van der Waals surface area contributed by atoms with Gasteiger partial charge in [0, 0.05) is 22.1 Å². The molecule has 1 aromatic heterocycles. The van der Waals surface area contributed by atoms with Crippen LogP contribution >= 0.6 is 0 Å². The second kappa shape index (κ2) is 15.0. The summed E-state index contributed by atoms with van der Waals surface area (Å²) in [7, 11) is 50.3. The molecule has 0 saturated carbocycles. The smallest absolute Gasteiger partial charge is 0.136 e. The number of allylic oxidation sites excluding steroid dienone is 2. The molecule has 0 bridgehead atoms. The lowest BCUT2D eigenvalue weighted by Gasteiger charge is -2.40. The summed E-state index contributed by atoms with van der Waals surface area (Å²) in [6, 6.07) is 58.8. The van der Waals surface area contributed by atoms with Crippen molar-refractivity contribution in [3.8, 4) is 22.3 Å². The molecule has 14 radical (unpaired) electrons. The first kappa shape index (κ1) is 39.2. The molecule has 0 N–H and O–H groups in total. The van der Waals surface area contributed by atoms with Gasteiger partial charge in [-0.15, -0.1) is 0 Å². The van der Waals surface area contributed by atoms with Crippen LogP contribution in [0.2, 0.25) is 0 Å². The van der Waals surface area contributed by atoms with Crippen LogP contribution in [0.5, 0.6) is 0 Å². The van der Waals surface area contributed by atoms with Gasteiger partial charge in [-0.05, 0) is 86.0 Å². The van der Waals surface area contributed by atoms with E-state index in [0.29, 0.717) is 50.1 Å². The van der Waals surface area contributed by atoms with Crippen LogP contribution in [0.1, 0.15) is 27.8 Å². The Morgan fingerprint density at radius 3 is 1.70 bits per heavy atom. The van der Waals surface area contributed by atoms with Crippen molar-refractivity contribution in [2.24, 2.45) is 0 Å². The summed E-state index contributed by atoms with van der Waals surface area (Å²) in [6.45, 7) is 0. The van der Waals surface area contributed by atoms with E-state index in [-0.39, 0.29) is 21.9 Å². The van der Waals surface area contributed by atoms with Crippen molar-refractivity contribution in [2.45, 2.75) is 11.5 Å². The van der Waals surface area contributed by atoms with Gasteiger partial charge in [0.1, 0.15) is 66.1 Å². The first-order chi connectivity index (χ1) is 30.7. The van der Waals surface area contributed by atoms with Crippen LogP contribution in [-0.4, -0.2) is 61.0 Å². The maximum absolute atomic E-state index is 7.29. The topological polar surface area (TPSA) is 16.4 Å². The van der Waals surface area contributed by atoms with Crippen molar-refractivity contribution >= 4 is 116 Å². The molecule has 8 aromatic carbocycles. The van der Waals surface area contributed by atoms with Gasteiger partial charge < -0.3 is 9.32 Å². The lowest BCUT2D eigenvalue weighted by molar-refractivity contribution is 0.669. The number of hydrogen-bond donors (Lipinski definition) is 0. The van der Waals surface area contributed by atoms with Crippen molar-refractivity contribution in [1.82, 2.24) is 0 Å². The first-order valence-electron chi connectivity index (χ1n) is 20.8. The molecule has 63 heavy (non-hydrogen) atoms. The van der Waals surface area contributed by atoms with Gasteiger partial charge in [0.15, 0.2) is 0 Å². The van der Waals surface area contributed by atoms with Gasteiger partial charge in [-0.3, -0.25) is 0 Å². The maximum atomic E-state index is 7.29. The van der Waals surface area contributed by atoms with Gasteiger partial charge in [-0.25, -0.2) is 0 Å². The Bertz CT molecular complexity index is 3310. The average Bonchev–Trinajstić information content (AvgIpc) is 3.92. The fraction of sp³-hybridized carbons (Fsp3) is 0.0370.